The standard InChI is InChI=1S/C22H22N2O5/c25-21(16-5-6-19-20(13-16)28-12-11-27-19)15-7-9-23(10-8-15)14-24-17-3-1-2-4-18(17)29-22(24)26/h1-6,13,15H,7-12,14H2. The van der Waals surface area contributed by atoms with Crippen molar-refractivity contribution in [1.29, 1.82) is 0 Å². The summed E-state index contributed by atoms with van der Waals surface area (Å²) < 4.78 is 18.1. The van der Waals surface area contributed by atoms with Crippen molar-refractivity contribution in [2.75, 3.05) is 26.3 Å². The topological polar surface area (TPSA) is 73.9 Å². The van der Waals surface area contributed by atoms with Gasteiger partial charge in [-0.25, -0.2) is 4.79 Å². The van der Waals surface area contributed by atoms with Crippen LogP contribution in [0.4, 0.5) is 0 Å². The number of nitrogens with zero attached hydrogens (tertiary/aromatic N) is 2. The number of hydrogen-bond donors (Lipinski definition) is 0. The van der Waals surface area contributed by atoms with Crippen molar-refractivity contribution >= 4 is 16.9 Å². The van der Waals surface area contributed by atoms with E-state index < -0.39 is 0 Å². The zero-order chi connectivity index (χ0) is 19.8. The highest BCUT2D eigenvalue weighted by atomic mass is 16.6. The summed E-state index contributed by atoms with van der Waals surface area (Å²) >= 11 is 0. The number of carbonyl (C=O) groups excluding carboxylic acids is 1. The number of ether oxygens (including phenoxy) is 2. The Morgan fingerprint density at radius 1 is 1.00 bits per heavy atom. The highest BCUT2D eigenvalue weighted by Crippen LogP contribution is 2.32. The maximum atomic E-state index is 13.0. The molecule has 0 N–H and O–H groups in total. The number of benzene rings is 2. The van der Waals surface area contributed by atoms with Gasteiger partial charge in [-0.1, -0.05) is 12.1 Å². The number of rotatable bonds is 4. The Morgan fingerprint density at radius 3 is 2.59 bits per heavy atom. The largest absolute Gasteiger partial charge is 0.486 e. The molecule has 1 aromatic heterocycles. The van der Waals surface area contributed by atoms with Crippen molar-refractivity contribution in [3.63, 3.8) is 0 Å². The Morgan fingerprint density at radius 2 is 1.76 bits per heavy atom. The van der Waals surface area contributed by atoms with E-state index in [2.05, 4.69) is 4.90 Å². The van der Waals surface area contributed by atoms with E-state index in [4.69, 9.17) is 13.9 Å². The number of hydrogen-bond acceptors (Lipinski definition) is 6. The lowest BCUT2D eigenvalue weighted by atomic mass is 9.89. The molecular weight excluding hydrogens is 372 g/mol. The van der Waals surface area contributed by atoms with Crippen LogP contribution in [0, 0.1) is 5.92 Å². The summed E-state index contributed by atoms with van der Waals surface area (Å²) in [5.41, 5.74) is 2.07. The predicted octanol–water partition coefficient (Wildman–Crippen LogP) is 2.92. The quantitative estimate of drug-likeness (QED) is 0.634. The molecule has 0 aliphatic carbocycles. The van der Waals surface area contributed by atoms with Crippen LogP contribution in [0.15, 0.2) is 51.7 Å². The second-order valence-electron chi connectivity index (χ2n) is 7.52. The first kappa shape index (κ1) is 18.0. The fourth-order valence-corrected chi connectivity index (χ4v) is 4.12. The molecule has 0 atom stereocenters. The Balaban J connectivity index is 1.25. The molecule has 150 valence electrons. The van der Waals surface area contributed by atoms with Crippen molar-refractivity contribution in [1.82, 2.24) is 9.47 Å². The Labute approximate surface area is 167 Å². The smallest absolute Gasteiger partial charge is 0.421 e. The molecule has 0 unspecified atom stereocenters. The molecule has 2 aromatic carbocycles. The van der Waals surface area contributed by atoms with Gasteiger partial charge in [0.2, 0.25) is 0 Å². The third-order valence-corrected chi connectivity index (χ3v) is 5.70. The van der Waals surface area contributed by atoms with E-state index >= 15 is 0 Å². The van der Waals surface area contributed by atoms with E-state index in [0.717, 1.165) is 31.4 Å². The molecule has 3 heterocycles. The number of Topliss-reactive ketones (excluding diaryl/α,β-unsaturated/α-hetero) is 1. The summed E-state index contributed by atoms with van der Waals surface area (Å²) in [4.78, 5) is 27.3. The highest BCUT2D eigenvalue weighted by Gasteiger charge is 2.27. The highest BCUT2D eigenvalue weighted by molar-refractivity contribution is 5.98. The Hall–Kier alpha value is -3.06. The van der Waals surface area contributed by atoms with E-state index in [1.165, 1.54) is 0 Å². The van der Waals surface area contributed by atoms with Crippen LogP contribution in [-0.2, 0) is 6.67 Å². The molecule has 2 aliphatic heterocycles. The third kappa shape index (κ3) is 3.42. The summed E-state index contributed by atoms with van der Waals surface area (Å²) in [6.45, 7) is 3.03. The van der Waals surface area contributed by atoms with Crippen molar-refractivity contribution in [2.45, 2.75) is 19.5 Å². The first-order valence-corrected chi connectivity index (χ1v) is 9.93. The summed E-state index contributed by atoms with van der Waals surface area (Å²) in [6, 6.07) is 12.9. The minimum absolute atomic E-state index is 0.0216. The number of aromatic nitrogens is 1. The van der Waals surface area contributed by atoms with Gasteiger partial charge >= 0.3 is 5.76 Å². The van der Waals surface area contributed by atoms with Gasteiger partial charge in [0.25, 0.3) is 0 Å². The maximum absolute atomic E-state index is 13.0. The van der Waals surface area contributed by atoms with Crippen LogP contribution in [0.3, 0.4) is 0 Å². The second-order valence-corrected chi connectivity index (χ2v) is 7.52. The van der Waals surface area contributed by atoms with Gasteiger partial charge in [-0.2, -0.15) is 0 Å². The fraction of sp³-hybridized carbons (Fsp3) is 0.364. The Bertz CT molecular complexity index is 1110. The fourth-order valence-electron chi connectivity index (χ4n) is 4.12. The first-order chi connectivity index (χ1) is 14.2. The van der Waals surface area contributed by atoms with Gasteiger partial charge in [-0.3, -0.25) is 14.3 Å². The molecule has 0 radical (unpaired) electrons. The molecule has 2 aliphatic rings. The molecule has 0 amide bonds. The van der Waals surface area contributed by atoms with Gasteiger partial charge in [-0.05, 0) is 43.2 Å². The van der Waals surface area contributed by atoms with Gasteiger partial charge in [0, 0.05) is 24.6 Å². The molecule has 7 heteroatoms. The van der Waals surface area contributed by atoms with E-state index in [9.17, 15) is 9.59 Å². The van der Waals surface area contributed by atoms with Crippen molar-refractivity contribution < 1.29 is 18.7 Å². The van der Waals surface area contributed by atoms with Crippen LogP contribution in [-0.4, -0.2) is 41.6 Å². The normalized spacial score (nSPS) is 17.5. The number of piperidine rings is 1. The minimum atomic E-state index is -0.347. The zero-order valence-electron chi connectivity index (χ0n) is 16.0. The van der Waals surface area contributed by atoms with E-state index in [1.54, 1.807) is 16.7 Å². The second kappa shape index (κ2) is 7.40. The molecule has 3 aromatic rings. The monoisotopic (exact) mass is 394 g/mol. The number of fused-ring (bicyclic) bond motifs is 2. The number of oxazole rings is 1. The summed E-state index contributed by atoms with van der Waals surface area (Å²) in [5.74, 6) is 1.12. The molecule has 1 saturated heterocycles. The van der Waals surface area contributed by atoms with Gasteiger partial charge in [-0.15, -0.1) is 0 Å². The molecule has 0 saturated carbocycles. The van der Waals surface area contributed by atoms with E-state index in [-0.39, 0.29) is 17.5 Å². The molecular formula is C22H22N2O5. The number of likely N-dealkylation sites (tertiary alicyclic amines) is 1. The average molecular weight is 394 g/mol. The molecule has 5 rings (SSSR count). The lowest BCUT2D eigenvalue weighted by molar-refractivity contribution is 0.0808. The lowest BCUT2D eigenvalue weighted by Gasteiger charge is -2.31. The summed E-state index contributed by atoms with van der Waals surface area (Å²) in [6.07, 6.45) is 1.52. The van der Waals surface area contributed by atoms with Gasteiger partial charge in [0.1, 0.15) is 13.2 Å². The average Bonchev–Trinajstić information content (AvgIpc) is 3.08. The molecule has 0 spiro atoms. The van der Waals surface area contributed by atoms with E-state index in [0.29, 0.717) is 42.5 Å². The minimum Gasteiger partial charge on any atom is -0.486 e. The number of ketones is 1. The molecule has 0 bridgehead atoms. The van der Waals surface area contributed by atoms with Gasteiger partial charge < -0.3 is 13.9 Å². The van der Waals surface area contributed by atoms with Crippen molar-refractivity contribution in [2.24, 2.45) is 5.92 Å². The number of carbonyl (C=O) groups is 1. The SMILES string of the molecule is O=C(c1ccc2c(c1)OCCO2)C1CCN(Cn2c(=O)oc3ccccc32)CC1. The van der Waals surface area contributed by atoms with Crippen LogP contribution in [0.5, 0.6) is 11.5 Å². The van der Waals surface area contributed by atoms with E-state index in [1.807, 2.05) is 30.3 Å². The van der Waals surface area contributed by atoms with Crippen LogP contribution in [0.1, 0.15) is 23.2 Å². The van der Waals surface area contributed by atoms with Gasteiger partial charge in [0.05, 0.1) is 12.2 Å². The molecule has 29 heavy (non-hydrogen) atoms. The summed E-state index contributed by atoms with van der Waals surface area (Å²) in [7, 11) is 0. The zero-order valence-corrected chi connectivity index (χ0v) is 16.0. The molecule has 1 fully saturated rings. The lowest BCUT2D eigenvalue weighted by Crippen LogP contribution is -2.39. The third-order valence-electron chi connectivity index (χ3n) is 5.70. The summed E-state index contributed by atoms with van der Waals surface area (Å²) in [5, 5.41) is 0. The van der Waals surface area contributed by atoms with Crippen LogP contribution < -0.4 is 15.2 Å². The maximum Gasteiger partial charge on any atom is 0.421 e. The van der Waals surface area contributed by atoms with Gasteiger partial charge in [0.15, 0.2) is 22.9 Å². The number of para-hydroxylation sites is 2. The van der Waals surface area contributed by atoms with Crippen molar-refractivity contribution in [3.05, 3.63) is 58.6 Å². The van der Waals surface area contributed by atoms with Crippen molar-refractivity contribution in [3.8, 4) is 11.5 Å². The van der Waals surface area contributed by atoms with Crippen LogP contribution in [0.2, 0.25) is 0 Å². The van der Waals surface area contributed by atoms with Crippen LogP contribution >= 0.6 is 0 Å². The predicted molar refractivity (Wildman–Crippen MR) is 107 cm³/mol. The molecule has 7 nitrogen and oxygen atoms in total. The van der Waals surface area contributed by atoms with Crippen LogP contribution in [0.25, 0.3) is 11.1 Å². The Kier molecular flexibility index (Phi) is 4.60. The first-order valence-electron chi connectivity index (χ1n) is 9.93.